The maximum absolute atomic E-state index is 12.7. The Hall–Kier alpha value is -2.53. The molecule has 2 aromatic rings. The van der Waals surface area contributed by atoms with Crippen LogP contribution in [-0.4, -0.2) is 16.0 Å². The van der Waals surface area contributed by atoms with Crippen LogP contribution in [0.15, 0.2) is 24.3 Å². The topological polar surface area (TPSA) is 122 Å². The zero-order valence-corrected chi connectivity index (χ0v) is 22.9. The lowest BCUT2D eigenvalue weighted by Gasteiger charge is -2.22. The van der Waals surface area contributed by atoms with Gasteiger partial charge in [0.2, 0.25) is 11.5 Å². The van der Waals surface area contributed by atoms with Crippen molar-refractivity contribution < 1.29 is 24.1 Å². The Kier molecular flexibility index (Phi) is 8.47. The molecule has 0 aliphatic carbocycles. The fraction of sp³-hybridized carbons (Fsp3) is 0.435. The molecule has 0 fully saturated rings. The van der Waals surface area contributed by atoms with Crippen molar-refractivity contribution in [2.75, 3.05) is 0 Å². The van der Waals surface area contributed by atoms with Crippen LogP contribution in [0.25, 0.3) is 0 Å². The molecule has 0 heterocycles. The molecule has 2 aromatic carbocycles. The van der Waals surface area contributed by atoms with Crippen LogP contribution in [0.5, 0.6) is 11.5 Å². The third kappa shape index (κ3) is 6.32. The number of alkyl halides is 2. The van der Waals surface area contributed by atoms with Crippen molar-refractivity contribution in [3.05, 3.63) is 66.7 Å². The Bertz CT molecular complexity index is 1050. The number of carbonyl (C=O) groups is 1. The second-order valence-electron chi connectivity index (χ2n) is 9.72. The largest absolute Gasteiger partial charge is 0.519 e. The van der Waals surface area contributed by atoms with Crippen LogP contribution in [0.1, 0.15) is 63.8 Å². The predicted octanol–water partition coefficient (Wildman–Crippen LogP) is 7.47. The molecule has 34 heavy (non-hydrogen) atoms. The normalized spacial score (nSPS) is 11.8. The van der Waals surface area contributed by atoms with Crippen molar-refractivity contribution in [2.45, 2.75) is 63.0 Å². The van der Waals surface area contributed by atoms with Crippen molar-refractivity contribution in [3.8, 4) is 11.5 Å². The zero-order valence-electron chi connectivity index (χ0n) is 19.7. The van der Waals surface area contributed by atoms with Crippen LogP contribution in [-0.2, 0) is 21.5 Å². The van der Waals surface area contributed by atoms with E-state index in [-0.39, 0.29) is 22.9 Å². The first kappa shape index (κ1) is 27.7. The minimum Gasteiger partial charge on any atom is -0.387 e. The summed E-state index contributed by atoms with van der Waals surface area (Å²) in [5.41, 5.74) is 0.0854. The van der Waals surface area contributed by atoms with Gasteiger partial charge in [0.15, 0.2) is 0 Å². The third-order valence-electron chi connectivity index (χ3n) is 4.95. The van der Waals surface area contributed by atoms with Gasteiger partial charge in [0.1, 0.15) is 0 Å². The van der Waals surface area contributed by atoms with E-state index in [9.17, 15) is 25.0 Å². The molecule has 2 rings (SSSR count). The first-order valence-electron chi connectivity index (χ1n) is 10.2. The summed E-state index contributed by atoms with van der Waals surface area (Å²) >= 11 is 6.64. The van der Waals surface area contributed by atoms with Gasteiger partial charge >= 0.3 is 17.5 Å². The van der Waals surface area contributed by atoms with Gasteiger partial charge in [-0.1, -0.05) is 73.4 Å². The van der Waals surface area contributed by atoms with Crippen LogP contribution in [0.3, 0.4) is 0 Å². The maximum atomic E-state index is 12.7. The standard InChI is InChI=1S/C23H26Br2N2O7/c1-22(2,3)15-7-13(11-24)9-17(19(15)26(29)30)33-21(28)34-18-10-14(12-25)8-16(23(4,5)6)20(18)27(31)32/h7-10H,11-12H2,1-6H3. The molecule has 0 saturated carbocycles. The van der Waals surface area contributed by atoms with E-state index in [0.717, 1.165) is 0 Å². The van der Waals surface area contributed by atoms with E-state index >= 15 is 0 Å². The smallest absolute Gasteiger partial charge is 0.387 e. The van der Waals surface area contributed by atoms with Gasteiger partial charge in [-0.15, -0.1) is 0 Å². The molecule has 0 saturated heterocycles. The van der Waals surface area contributed by atoms with Gasteiger partial charge in [-0.3, -0.25) is 20.2 Å². The molecule has 0 spiro atoms. The number of nitrogens with zero attached hydrogens (tertiary/aromatic N) is 2. The van der Waals surface area contributed by atoms with Gasteiger partial charge in [0.05, 0.1) is 9.85 Å². The molecule has 0 N–H and O–H groups in total. The number of benzene rings is 2. The molecular weight excluding hydrogens is 576 g/mol. The summed E-state index contributed by atoms with van der Waals surface area (Å²) in [4.78, 5) is 35.3. The molecule has 0 aliphatic rings. The van der Waals surface area contributed by atoms with Crippen LogP contribution in [0.4, 0.5) is 16.2 Å². The number of hydrogen-bond donors (Lipinski definition) is 0. The number of hydrogen-bond acceptors (Lipinski definition) is 7. The van der Waals surface area contributed by atoms with E-state index in [4.69, 9.17) is 9.47 Å². The van der Waals surface area contributed by atoms with E-state index in [1.54, 1.807) is 53.7 Å². The molecule has 184 valence electrons. The molecule has 0 aromatic heterocycles. The second kappa shape index (κ2) is 10.4. The highest BCUT2D eigenvalue weighted by atomic mass is 79.9. The first-order chi connectivity index (χ1) is 15.6. The van der Waals surface area contributed by atoms with E-state index < -0.39 is 26.8 Å². The van der Waals surface area contributed by atoms with Crippen molar-refractivity contribution in [1.29, 1.82) is 0 Å². The average Bonchev–Trinajstić information content (AvgIpc) is 2.70. The highest BCUT2D eigenvalue weighted by Crippen LogP contribution is 2.42. The average molecular weight is 602 g/mol. The van der Waals surface area contributed by atoms with Crippen molar-refractivity contribution >= 4 is 49.4 Å². The number of nitro benzene ring substituents is 2. The molecule has 0 bridgehead atoms. The highest BCUT2D eigenvalue weighted by molar-refractivity contribution is 9.08. The van der Waals surface area contributed by atoms with Gasteiger partial charge in [-0.05, 0) is 46.2 Å². The van der Waals surface area contributed by atoms with Crippen molar-refractivity contribution in [3.63, 3.8) is 0 Å². The molecule has 0 amide bonds. The van der Waals surface area contributed by atoms with Crippen LogP contribution < -0.4 is 9.47 Å². The van der Waals surface area contributed by atoms with Crippen LogP contribution in [0, 0.1) is 20.2 Å². The molecule has 11 heteroatoms. The predicted molar refractivity (Wildman–Crippen MR) is 136 cm³/mol. The SMILES string of the molecule is CC(C)(C)c1cc(CBr)cc(OC(=O)Oc2cc(CBr)cc(C(C)(C)C)c2[N+](=O)[O-])c1[N+](=O)[O-]. The first-order valence-corrected chi connectivity index (χ1v) is 12.5. The van der Waals surface area contributed by atoms with Crippen molar-refractivity contribution in [2.24, 2.45) is 0 Å². The summed E-state index contributed by atoms with van der Waals surface area (Å²) in [7, 11) is 0. The molecular formula is C23H26Br2N2O7. The Balaban J connectivity index is 2.59. The van der Waals surface area contributed by atoms with E-state index in [1.165, 1.54) is 12.1 Å². The summed E-state index contributed by atoms with van der Waals surface area (Å²) in [6, 6.07) is 6.08. The van der Waals surface area contributed by atoms with Gasteiger partial charge < -0.3 is 9.47 Å². The monoisotopic (exact) mass is 600 g/mol. The van der Waals surface area contributed by atoms with Crippen LogP contribution >= 0.6 is 31.9 Å². The van der Waals surface area contributed by atoms with Gasteiger partial charge in [-0.25, -0.2) is 4.79 Å². The third-order valence-corrected chi connectivity index (χ3v) is 6.24. The number of carbonyl (C=O) groups excluding carboxylic acids is 1. The molecule has 0 aliphatic heterocycles. The lowest BCUT2D eigenvalue weighted by Crippen LogP contribution is -2.20. The Morgan fingerprint density at radius 3 is 1.32 bits per heavy atom. The molecule has 0 radical (unpaired) electrons. The summed E-state index contributed by atoms with van der Waals surface area (Å²) in [6.07, 6.45) is -1.32. The number of rotatable bonds is 6. The lowest BCUT2D eigenvalue weighted by atomic mass is 9.84. The fourth-order valence-electron chi connectivity index (χ4n) is 3.36. The molecule has 0 unspecified atom stereocenters. The minimum atomic E-state index is -1.32. The van der Waals surface area contributed by atoms with E-state index in [1.807, 2.05) is 0 Å². The Labute approximate surface area is 214 Å². The molecule has 9 nitrogen and oxygen atoms in total. The number of ether oxygens (including phenoxy) is 2. The quantitative estimate of drug-likeness (QED) is 0.111. The minimum absolute atomic E-state index is 0.299. The number of nitro groups is 2. The van der Waals surface area contributed by atoms with Gasteiger partial charge in [-0.2, -0.15) is 0 Å². The summed E-state index contributed by atoms with van der Waals surface area (Å²) < 4.78 is 10.5. The zero-order chi connectivity index (χ0) is 26.0. The second-order valence-corrected chi connectivity index (χ2v) is 10.8. The van der Waals surface area contributed by atoms with Crippen molar-refractivity contribution in [1.82, 2.24) is 0 Å². The highest BCUT2D eigenvalue weighted by Gasteiger charge is 2.34. The van der Waals surface area contributed by atoms with Crippen LogP contribution in [0.2, 0.25) is 0 Å². The summed E-state index contributed by atoms with van der Waals surface area (Å²) in [6.45, 7) is 10.8. The molecule has 0 atom stereocenters. The summed E-state index contributed by atoms with van der Waals surface area (Å²) in [5.74, 6) is -0.598. The number of halogens is 2. The lowest BCUT2D eigenvalue weighted by molar-refractivity contribution is -0.387. The Morgan fingerprint density at radius 1 is 0.765 bits per heavy atom. The van der Waals surface area contributed by atoms with Gasteiger partial charge in [0, 0.05) is 21.8 Å². The fourth-order valence-corrected chi connectivity index (χ4v) is 4.01. The van der Waals surface area contributed by atoms with Gasteiger partial charge in [0.25, 0.3) is 0 Å². The van der Waals surface area contributed by atoms with E-state index in [0.29, 0.717) is 32.9 Å². The van der Waals surface area contributed by atoms with E-state index in [2.05, 4.69) is 31.9 Å². The summed E-state index contributed by atoms with van der Waals surface area (Å²) in [5, 5.41) is 24.5. The Morgan fingerprint density at radius 2 is 1.09 bits per heavy atom. The maximum Gasteiger partial charge on any atom is 0.519 e.